The maximum Gasteiger partial charge on any atom is 0.337 e. The summed E-state index contributed by atoms with van der Waals surface area (Å²) < 4.78 is 15.3. The number of rotatable bonds is 14. The number of dihydropyridines is 1. The van der Waals surface area contributed by atoms with Gasteiger partial charge >= 0.3 is 11.9 Å². The quantitative estimate of drug-likeness (QED) is 0.0745. The normalized spacial score (nSPS) is 13.5. The van der Waals surface area contributed by atoms with Crippen molar-refractivity contribution >= 4 is 29.8 Å². The number of non-ortho nitro benzene ring substituents is 1. The topological polar surface area (TPSA) is 143 Å². The third-order valence-electron chi connectivity index (χ3n) is 8.66. The molecule has 53 heavy (non-hydrogen) atoms. The Morgan fingerprint density at radius 3 is 1.70 bits per heavy atom. The molecule has 0 saturated carbocycles. The molecule has 0 aliphatic carbocycles. The van der Waals surface area contributed by atoms with E-state index in [1.165, 1.54) is 18.2 Å². The molecule has 0 spiro atoms. The zero-order valence-corrected chi connectivity index (χ0v) is 29.3. The summed E-state index contributed by atoms with van der Waals surface area (Å²) in [6.07, 6.45) is 18.0. The molecule has 0 fully saturated rings. The second kappa shape index (κ2) is 16.9. The van der Waals surface area contributed by atoms with Crippen LogP contribution in [0.15, 0.2) is 145 Å². The molecule has 1 aliphatic rings. The first kappa shape index (κ1) is 36.0. The van der Waals surface area contributed by atoms with Crippen LogP contribution in [0, 0.1) is 10.1 Å². The van der Waals surface area contributed by atoms with E-state index in [1.807, 2.05) is 82.2 Å². The summed E-state index contributed by atoms with van der Waals surface area (Å²) in [4.78, 5) is 46.8. The Morgan fingerprint density at radius 2 is 1.26 bits per heavy atom. The Kier molecular flexibility index (Phi) is 11.5. The van der Waals surface area contributed by atoms with Crippen LogP contribution in [0.1, 0.15) is 47.6 Å². The van der Waals surface area contributed by atoms with Crippen molar-refractivity contribution in [2.24, 2.45) is 0 Å². The van der Waals surface area contributed by atoms with Crippen LogP contribution >= 0.6 is 0 Å². The van der Waals surface area contributed by atoms with E-state index >= 15 is 0 Å². The molecule has 0 amide bonds. The number of aromatic nitrogens is 4. The molecular formula is C41H38N6O6. The van der Waals surface area contributed by atoms with E-state index in [2.05, 4.69) is 15.3 Å². The Bertz CT molecular complexity index is 2050. The fourth-order valence-electron chi connectivity index (χ4n) is 6.11. The monoisotopic (exact) mass is 710 g/mol. The lowest BCUT2D eigenvalue weighted by Gasteiger charge is -2.30. The predicted octanol–water partition coefficient (Wildman–Crippen LogP) is 6.83. The van der Waals surface area contributed by atoms with Crippen LogP contribution in [0.25, 0.3) is 12.2 Å². The lowest BCUT2D eigenvalue weighted by Crippen LogP contribution is -2.32. The predicted molar refractivity (Wildman–Crippen MR) is 200 cm³/mol. The molecule has 3 aromatic carbocycles. The molecule has 0 saturated heterocycles. The van der Waals surface area contributed by atoms with E-state index in [1.54, 1.807) is 57.1 Å². The van der Waals surface area contributed by atoms with Gasteiger partial charge in [-0.15, -0.1) is 0 Å². The molecule has 0 bridgehead atoms. The number of hydrogen-bond donors (Lipinski definition) is 1. The number of hydrogen-bond acceptors (Lipinski definition) is 9. The lowest BCUT2D eigenvalue weighted by atomic mass is 9.80. The average Bonchev–Trinajstić information content (AvgIpc) is 3.88. The summed E-state index contributed by atoms with van der Waals surface area (Å²) in [5, 5.41) is 14.8. The first-order chi connectivity index (χ1) is 25.7. The molecule has 0 atom stereocenters. The molecule has 268 valence electrons. The minimum absolute atomic E-state index is 0.0358. The average molecular weight is 711 g/mol. The van der Waals surface area contributed by atoms with Crippen molar-refractivity contribution in [1.82, 2.24) is 24.4 Å². The van der Waals surface area contributed by atoms with Crippen molar-refractivity contribution in [2.75, 3.05) is 13.2 Å². The van der Waals surface area contributed by atoms with Crippen molar-refractivity contribution in [3.8, 4) is 0 Å². The van der Waals surface area contributed by atoms with Crippen molar-refractivity contribution in [2.45, 2.75) is 32.9 Å². The number of carbonyl (C=O) groups excluding carboxylic acids is 2. The highest BCUT2D eigenvalue weighted by molar-refractivity contribution is 6.00. The molecule has 0 unspecified atom stereocenters. The van der Waals surface area contributed by atoms with Gasteiger partial charge in [0, 0.05) is 61.4 Å². The molecular weight excluding hydrogens is 672 g/mol. The van der Waals surface area contributed by atoms with Gasteiger partial charge in [0.25, 0.3) is 5.69 Å². The molecule has 0 radical (unpaired) electrons. The van der Waals surface area contributed by atoms with E-state index in [9.17, 15) is 19.7 Å². The number of nitro benzene ring substituents is 1. The summed E-state index contributed by atoms with van der Waals surface area (Å²) in [6, 6.07) is 21.9. The van der Waals surface area contributed by atoms with Gasteiger partial charge in [0.05, 0.1) is 34.6 Å². The van der Waals surface area contributed by atoms with Gasteiger partial charge in [0.15, 0.2) is 0 Å². The number of nitrogens with zero attached hydrogens (tertiary/aromatic N) is 5. The summed E-state index contributed by atoms with van der Waals surface area (Å²) in [6.45, 7) is 4.75. The molecule has 12 nitrogen and oxygen atoms in total. The smallest absolute Gasteiger partial charge is 0.337 e. The molecule has 1 N–H and O–H groups in total. The van der Waals surface area contributed by atoms with Gasteiger partial charge in [0.1, 0.15) is 13.2 Å². The Morgan fingerprint density at radius 1 is 0.774 bits per heavy atom. The number of allylic oxidation sites excluding steroid dienone is 2. The zero-order chi connectivity index (χ0) is 37.2. The number of nitro groups is 1. The van der Waals surface area contributed by atoms with Crippen LogP contribution in [0.5, 0.6) is 0 Å². The van der Waals surface area contributed by atoms with E-state index in [0.717, 1.165) is 22.3 Å². The number of esters is 2. The van der Waals surface area contributed by atoms with Gasteiger partial charge in [-0.2, -0.15) is 0 Å². The molecule has 6 rings (SSSR count). The van der Waals surface area contributed by atoms with Crippen LogP contribution in [-0.2, 0) is 32.2 Å². The summed E-state index contributed by atoms with van der Waals surface area (Å²) in [5.41, 5.74) is 5.56. The van der Waals surface area contributed by atoms with Crippen LogP contribution in [0.3, 0.4) is 0 Å². The van der Waals surface area contributed by atoms with Gasteiger partial charge in [-0.25, -0.2) is 19.6 Å². The zero-order valence-electron chi connectivity index (χ0n) is 29.3. The number of carbonyl (C=O) groups is 2. The molecule has 1 aliphatic heterocycles. The summed E-state index contributed by atoms with van der Waals surface area (Å²) in [5.74, 6) is -2.31. The fraction of sp³-hybridized carbons (Fsp3) is 0.171. The second-order valence-electron chi connectivity index (χ2n) is 12.4. The van der Waals surface area contributed by atoms with Crippen molar-refractivity contribution < 1.29 is 24.0 Å². The first-order valence-corrected chi connectivity index (χ1v) is 16.9. The molecule has 12 heteroatoms. The Balaban J connectivity index is 1.14. The Labute approximate surface area is 306 Å². The van der Waals surface area contributed by atoms with Gasteiger partial charge in [-0.3, -0.25) is 10.1 Å². The highest BCUT2D eigenvalue weighted by Gasteiger charge is 2.38. The van der Waals surface area contributed by atoms with Gasteiger partial charge in [0.2, 0.25) is 0 Å². The van der Waals surface area contributed by atoms with Crippen LogP contribution < -0.4 is 5.32 Å². The van der Waals surface area contributed by atoms with Crippen LogP contribution in [0.2, 0.25) is 0 Å². The van der Waals surface area contributed by atoms with Crippen molar-refractivity contribution in [3.63, 3.8) is 0 Å². The number of ether oxygens (including phenoxy) is 2. The highest BCUT2D eigenvalue weighted by atomic mass is 16.6. The van der Waals surface area contributed by atoms with Crippen molar-refractivity contribution in [1.29, 1.82) is 0 Å². The third-order valence-corrected chi connectivity index (χ3v) is 8.66. The first-order valence-electron chi connectivity index (χ1n) is 16.9. The second-order valence-corrected chi connectivity index (χ2v) is 12.4. The maximum atomic E-state index is 13.7. The summed E-state index contributed by atoms with van der Waals surface area (Å²) >= 11 is 0. The van der Waals surface area contributed by atoms with Crippen LogP contribution in [-0.4, -0.2) is 49.2 Å². The minimum atomic E-state index is -0.977. The Hall–Kier alpha value is -6.82. The van der Waals surface area contributed by atoms with E-state index in [-0.39, 0.29) is 30.0 Å². The van der Waals surface area contributed by atoms with E-state index in [0.29, 0.717) is 30.0 Å². The molecule has 2 aromatic heterocycles. The fourth-order valence-corrected chi connectivity index (χ4v) is 6.11. The number of nitrogens with one attached hydrogen (secondary N) is 1. The molecule has 5 aromatic rings. The standard InChI is InChI=1S/C41H38N6O6/c1-29-37(40(48)52-22-4-6-31-10-14-33(15-11-31)25-45-20-18-42-27-45)39(35-8-3-9-36(24-35)47(50)51)38(30(2)44-29)41(49)53-23-5-7-32-12-16-34(17-13-32)26-46-21-19-43-28-46/h3-21,24,27-28,39,44H,22-23,25-26H2,1-2H3/b6-4+,7-5+. The van der Waals surface area contributed by atoms with Gasteiger partial charge in [-0.05, 0) is 53.8 Å². The van der Waals surface area contributed by atoms with Gasteiger partial charge < -0.3 is 23.9 Å². The third kappa shape index (κ3) is 9.30. The minimum Gasteiger partial charge on any atom is -0.458 e. The van der Waals surface area contributed by atoms with Crippen LogP contribution in [0.4, 0.5) is 5.69 Å². The number of imidazole rings is 2. The molecule has 3 heterocycles. The largest absolute Gasteiger partial charge is 0.458 e. The van der Waals surface area contributed by atoms with E-state index in [4.69, 9.17) is 9.47 Å². The SMILES string of the molecule is CC1=C(C(=O)OC/C=C/c2ccc(Cn3ccnc3)cc2)C(c2cccc([N+](=O)[O-])c2)C(C(=O)OC/C=C/c2ccc(Cn3ccnc3)cc2)=C(C)N1. The summed E-state index contributed by atoms with van der Waals surface area (Å²) in [7, 11) is 0. The maximum absolute atomic E-state index is 13.7. The van der Waals surface area contributed by atoms with Gasteiger partial charge in [-0.1, -0.05) is 72.8 Å². The van der Waals surface area contributed by atoms with E-state index < -0.39 is 22.8 Å². The van der Waals surface area contributed by atoms with Crippen molar-refractivity contribution in [3.05, 3.63) is 183 Å². The number of benzene rings is 3. The lowest BCUT2D eigenvalue weighted by molar-refractivity contribution is -0.384. The highest BCUT2D eigenvalue weighted by Crippen LogP contribution is 2.40.